The molecule has 5 heteroatoms. The van der Waals surface area contributed by atoms with Gasteiger partial charge in [0.1, 0.15) is 6.10 Å². The highest BCUT2D eigenvalue weighted by Gasteiger charge is 2.24. The van der Waals surface area contributed by atoms with Gasteiger partial charge in [-0.15, -0.1) is 0 Å². The van der Waals surface area contributed by atoms with Crippen LogP contribution in [0.4, 0.5) is 5.69 Å². The van der Waals surface area contributed by atoms with E-state index in [2.05, 4.69) is 63.2 Å². The Balaban J connectivity index is 1.61. The summed E-state index contributed by atoms with van der Waals surface area (Å²) in [6.07, 6.45) is 6.52. The Bertz CT molecular complexity index is 771. The molecule has 1 aromatic carbocycles. The highest BCUT2D eigenvalue weighted by Crippen LogP contribution is 2.36. The maximum Gasteiger partial charge on any atom is 0.228 e. The van der Waals surface area contributed by atoms with E-state index in [1.54, 1.807) is 0 Å². The zero-order valence-corrected chi connectivity index (χ0v) is 17.9. The third-order valence-corrected chi connectivity index (χ3v) is 5.79. The van der Waals surface area contributed by atoms with E-state index in [4.69, 9.17) is 4.74 Å². The first kappa shape index (κ1) is 19.9. The minimum atomic E-state index is 0.230. The summed E-state index contributed by atoms with van der Waals surface area (Å²) in [5.41, 5.74) is 3.19. The molecule has 1 aliphatic rings. The highest BCUT2D eigenvalue weighted by molar-refractivity contribution is 9.10. The second-order valence-electron chi connectivity index (χ2n) is 7.20. The van der Waals surface area contributed by atoms with Crippen molar-refractivity contribution in [3.8, 4) is 5.88 Å². The molecule has 4 nitrogen and oxygen atoms in total. The second kappa shape index (κ2) is 9.36. The molecule has 0 saturated heterocycles. The summed E-state index contributed by atoms with van der Waals surface area (Å²) in [5.74, 6) is 1.33. The standard InChI is InChI=1S/C22H28BrN3O/c1-4-26(3)15-24-21-14-20(23)22(25-16(21)2)27-19-12-10-18(11-13-19)17-8-6-5-7-9-17/h5-9,14-15,18-19H,4,10-13H2,1-3H3/b24-15+. The average molecular weight is 430 g/mol. The van der Waals surface area contributed by atoms with Gasteiger partial charge in [0.2, 0.25) is 5.88 Å². The van der Waals surface area contributed by atoms with Crippen molar-refractivity contribution in [1.29, 1.82) is 0 Å². The Morgan fingerprint density at radius 1 is 1.22 bits per heavy atom. The van der Waals surface area contributed by atoms with Gasteiger partial charge in [-0.2, -0.15) is 0 Å². The van der Waals surface area contributed by atoms with Gasteiger partial charge in [0.15, 0.2) is 0 Å². The Hall–Kier alpha value is -1.88. The molecule has 2 aromatic rings. The summed E-state index contributed by atoms with van der Waals surface area (Å²) in [6, 6.07) is 12.8. The van der Waals surface area contributed by atoms with E-state index in [1.165, 1.54) is 5.56 Å². The summed E-state index contributed by atoms with van der Waals surface area (Å²) in [7, 11) is 2.00. The molecule has 27 heavy (non-hydrogen) atoms. The van der Waals surface area contributed by atoms with Crippen LogP contribution in [0.25, 0.3) is 0 Å². The molecule has 1 fully saturated rings. The van der Waals surface area contributed by atoms with Crippen LogP contribution < -0.4 is 4.74 Å². The number of pyridine rings is 1. The number of hydrogen-bond acceptors (Lipinski definition) is 3. The van der Waals surface area contributed by atoms with Crippen LogP contribution in [0.5, 0.6) is 5.88 Å². The van der Waals surface area contributed by atoms with Crippen LogP contribution in [0.2, 0.25) is 0 Å². The zero-order chi connectivity index (χ0) is 19.2. The molecule has 0 bridgehead atoms. The molecule has 1 aromatic heterocycles. The van der Waals surface area contributed by atoms with E-state index < -0.39 is 0 Å². The van der Waals surface area contributed by atoms with Gasteiger partial charge >= 0.3 is 0 Å². The van der Waals surface area contributed by atoms with E-state index in [1.807, 2.05) is 31.3 Å². The number of benzene rings is 1. The van der Waals surface area contributed by atoms with Gasteiger partial charge in [-0.25, -0.2) is 9.98 Å². The molecule has 144 valence electrons. The van der Waals surface area contributed by atoms with Crippen molar-refractivity contribution in [2.45, 2.75) is 51.6 Å². The quantitative estimate of drug-likeness (QED) is 0.425. The molecule has 1 saturated carbocycles. The third-order valence-electron chi connectivity index (χ3n) is 5.22. The number of ether oxygens (including phenoxy) is 1. The smallest absolute Gasteiger partial charge is 0.228 e. The lowest BCUT2D eigenvalue weighted by Gasteiger charge is -2.29. The van der Waals surface area contributed by atoms with Crippen molar-refractivity contribution < 1.29 is 4.74 Å². The van der Waals surface area contributed by atoms with Crippen molar-refractivity contribution in [1.82, 2.24) is 9.88 Å². The molecule has 0 unspecified atom stereocenters. The SMILES string of the molecule is CCN(C)/C=N/c1cc(Br)c(OC2CCC(c3ccccc3)CC2)nc1C. The Labute approximate surface area is 170 Å². The number of aliphatic imine (C=N–C) groups is 1. The number of aryl methyl sites for hydroxylation is 1. The summed E-state index contributed by atoms with van der Waals surface area (Å²) in [4.78, 5) is 11.2. The number of nitrogens with zero attached hydrogens (tertiary/aromatic N) is 3. The zero-order valence-electron chi connectivity index (χ0n) is 16.4. The van der Waals surface area contributed by atoms with Gasteiger partial charge in [-0.1, -0.05) is 30.3 Å². The lowest BCUT2D eigenvalue weighted by atomic mass is 9.83. The van der Waals surface area contributed by atoms with Gasteiger partial charge in [-0.05, 0) is 73.0 Å². The predicted octanol–water partition coefficient (Wildman–Crippen LogP) is 5.87. The normalized spacial score (nSPS) is 20.0. The number of aromatic nitrogens is 1. The third kappa shape index (κ3) is 5.32. The maximum atomic E-state index is 6.23. The maximum absolute atomic E-state index is 6.23. The molecule has 1 aliphatic carbocycles. The van der Waals surface area contributed by atoms with Gasteiger partial charge in [0, 0.05) is 13.6 Å². The first-order valence-corrected chi connectivity index (χ1v) is 10.5. The topological polar surface area (TPSA) is 37.7 Å². The second-order valence-corrected chi connectivity index (χ2v) is 8.05. The van der Waals surface area contributed by atoms with Gasteiger partial charge in [0.05, 0.1) is 22.2 Å². The van der Waals surface area contributed by atoms with Crippen LogP contribution in [0.15, 0.2) is 45.9 Å². The minimum Gasteiger partial charge on any atom is -0.474 e. The van der Waals surface area contributed by atoms with Crippen molar-refractivity contribution >= 4 is 28.0 Å². The Morgan fingerprint density at radius 2 is 1.93 bits per heavy atom. The molecule has 3 rings (SSSR count). The fourth-order valence-corrected chi connectivity index (χ4v) is 3.80. The van der Waals surface area contributed by atoms with Crippen LogP contribution in [0, 0.1) is 6.92 Å². The van der Waals surface area contributed by atoms with Gasteiger partial charge in [-0.3, -0.25) is 0 Å². The summed E-state index contributed by atoms with van der Waals surface area (Å²) in [5, 5.41) is 0. The van der Waals surface area contributed by atoms with Crippen molar-refractivity contribution in [2.75, 3.05) is 13.6 Å². The molecule has 0 aliphatic heterocycles. The molecule has 0 spiro atoms. The lowest BCUT2D eigenvalue weighted by molar-refractivity contribution is 0.139. The molecule has 0 amide bonds. The minimum absolute atomic E-state index is 0.230. The van der Waals surface area contributed by atoms with Crippen molar-refractivity contribution in [2.24, 2.45) is 4.99 Å². The lowest BCUT2D eigenvalue weighted by Crippen LogP contribution is -2.24. The fraction of sp³-hybridized carbons (Fsp3) is 0.455. The first-order chi connectivity index (χ1) is 13.1. The van der Waals surface area contributed by atoms with Crippen LogP contribution in [0.1, 0.15) is 49.8 Å². The molecular weight excluding hydrogens is 402 g/mol. The predicted molar refractivity (Wildman–Crippen MR) is 115 cm³/mol. The van der Waals surface area contributed by atoms with E-state index in [0.29, 0.717) is 11.8 Å². The molecule has 0 radical (unpaired) electrons. The van der Waals surface area contributed by atoms with Gasteiger partial charge < -0.3 is 9.64 Å². The fourth-order valence-electron chi connectivity index (χ4n) is 3.40. The monoisotopic (exact) mass is 429 g/mol. The largest absolute Gasteiger partial charge is 0.474 e. The van der Waals surface area contributed by atoms with Crippen LogP contribution in [0.3, 0.4) is 0 Å². The van der Waals surface area contributed by atoms with E-state index >= 15 is 0 Å². The van der Waals surface area contributed by atoms with Crippen molar-refractivity contribution in [3.63, 3.8) is 0 Å². The molecule has 1 heterocycles. The molecule has 0 N–H and O–H groups in total. The molecule has 0 atom stereocenters. The highest BCUT2D eigenvalue weighted by atomic mass is 79.9. The van der Waals surface area contributed by atoms with Crippen molar-refractivity contribution in [3.05, 3.63) is 52.1 Å². The summed E-state index contributed by atoms with van der Waals surface area (Å²) >= 11 is 3.61. The van der Waals surface area contributed by atoms with Crippen LogP contribution in [-0.2, 0) is 0 Å². The van der Waals surface area contributed by atoms with E-state index in [0.717, 1.165) is 48.1 Å². The average Bonchev–Trinajstić information content (AvgIpc) is 2.70. The number of hydrogen-bond donors (Lipinski definition) is 0. The first-order valence-electron chi connectivity index (χ1n) is 9.70. The number of halogens is 1. The van der Waals surface area contributed by atoms with E-state index in [-0.39, 0.29) is 6.10 Å². The van der Waals surface area contributed by atoms with Crippen LogP contribution >= 0.6 is 15.9 Å². The number of rotatable bonds is 6. The summed E-state index contributed by atoms with van der Waals surface area (Å²) < 4.78 is 7.10. The van der Waals surface area contributed by atoms with Crippen LogP contribution in [-0.4, -0.2) is 35.9 Å². The summed E-state index contributed by atoms with van der Waals surface area (Å²) in [6.45, 7) is 4.99. The molecular formula is C22H28BrN3O. The van der Waals surface area contributed by atoms with E-state index in [9.17, 15) is 0 Å². The Morgan fingerprint density at radius 3 is 2.59 bits per heavy atom. The Kier molecular flexibility index (Phi) is 6.89. The van der Waals surface area contributed by atoms with Gasteiger partial charge in [0.25, 0.3) is 0 Å².